The van der Waals surface area contributed by atoms with Gasteiger partial charge < -0.3 is 5.32 Å². The smallest absolute Gasteiger partial charge is 0.238 e. The molecule has 0 heterocycles. The molecule has 2 nitrogen and oxygen atoms in total. The second kappa shape index (κ2) is 6.54. The summed E-state index contributed by atoms with van der Waals surface area (Å²) >= 11 is 5.95. The lowest BCUT2D eigenvalue weighted by molar-refractivity contribution is -0.121. The van der Waals surface area contributed by atoms with Crippen molar-refractivity contribution in [3.05, 3.63) is 35.9 Å². The minimum absolute atomic E-state index is 0.00630. The molecular weight excluding hydrogens is 222 g/mol. The number of hydrogen-bond acceptors (Lipinski definition) is 1. The van der Waals surface area contributed by atoms with Crippen molar-refractivity contribution in [2.75, 3.05) is 0 Å². The predicted octanol–water partition coefficient (Wildman–Crippen LogP) is 3.27. The first-order valence-corrected chi connectivity index (χ1v) is 6.08. The van der Waals surface area contributed by atoms with Crippen molar-refractivity contribution in [3.63, 3.8) is 0 Å². The number of halogens is 1. The zero-order chi connectivity index (χ0) is 12.0. The lowest BCUT2D eigenvalue weighted by Crippen LogP contribution is -2.33. The number of amides is 1. The summed E-state index contributed by atoms with van der Waals surface area (Å²) in [6.45, 7) is 3.98. The maximum absolute atomic E-state index is 11.7. The minimum Gasteiger partial charge on any atom is -0.348 e. The molecule has 0 unspecified atom stereocenters. The van der Waals surface area contributed by atoms with E-state index in [0.29, 0.717) is 0 Å². The Balaban J connectivity index is 2.51. The van der Waals surface area contributed by atoms with Crippen LogP contribution in [-0.4, -0.2) is 11.3 Å². The Hall–Kier alpha value is -1.02. The SMILES string of the molecule is CCC[C@H](Cl)C(=O)N[C@H](C)c1ccccc1. The van der Waals surface area contributed by atoms with Crippen molar-refractivity contribution in [1.29, 1.82) is 0 Å². The molecular formula is C13H18ClNO. The highest BCUT2D eigenvalue weighted by Crippen LogP contribution is 2.13. The van der Waals surface area contributed by atoms with Crippen LogP contribution in [0.1, 0.15) is 38.3 Å². The third kappa shape index (κ3) is 3.86. The van der Waals surface area contributed by atoms with Crippen LogP contribution in [0.4, 0.5) is 0 Å². The number of rotatable bonds is 5. The summed E-state index contributed by atoms with van der Waals surface area (Å²) in [7, 11) is 0. The minimum atomic E-state index is -0.420. The normalized spacial score (nSPS) is 14.2. The van der Waals surface area contributed by atoms with Crippen LogP contribution in [0.15, 0.2) is 30.3 Å². The molecule has 1 rings (SSSR count). The van der Waals surface area contributed by atoms with E-state index in [-0.39, 0.29) is 11.9 Å². The monoisotopic (exact) mass is 239 g/mol. The van der Waals surface area contributed by atoms with Crippen molar-refractivity contribution in [2.45, 2.75) is 38.1 Å². The van der Waals surface area contributed by atoms with Gasteiger partial charge in [-0.15, -0.1) is 11.6 Å². The van der Waals surface area contributed by atoms with Crippen LogP contribution >= 0.6 is 11.6 Å². The van der Waals surface area contributed by atoms with Crippen LogP contribution in [0.25, 0.3) is 0 Å². The molecule has 1 aromatic rings. The van der Waals surface area contributed by atoms with Gasteiger partial charge in [-0.25, -0.2) is 0 Å². The molecule has 0 bridgehead atoms. The van der Waals surface area contributed by atoms with Gasteiger partial charge in [0, 0.05) is 0 Å². The number of alkyl halides is 1. The number of hydrogen-bond donors (Lipinski definition) is 1. The molecule has 0 spiro atoms. The molecule has 16 heavy (non-hydrogen) atoms. The van der Waals surface area contributed by atoms with Gasteiger partial charge in [-0.1, -0.05) is 43.7 Å². The van der Waals surface area contributed by atoms with E-state index in [1.165, 1.54) is 0 Å². The topological polar surface area (TPSA) is 29.1 Å². The van der Waals surface area contributed by atoms with E-state index >= 15 is 0 Å². The van der Waals surface area contributed by atoms with Gasteiger partial charge in [0.2, 0.25) is 5.91 Å². The van der Waals surface area contributed by atoms with Crippen LogP contribution in [0, 0.1) is 0 Å². The van der Waals surface area contributed by atoms with Crippen LogP contribution in [0.2, 0.25) is 0 Å². The lowest BCUT2D eigenvalue weighted by atomic mass is 10.1. The average Bonchev–Trinajstić information content (AvgIpc) is 2.30. The van der Waals surface area contributed by atoms with Crippen molar-refractivity contribution in [2.24, 2.45) is 0 Å². The van der Waals surface area contributed by atoms with Crippen LogP contribution in [0.5, 0.6) is 0 Å². The van der Waals surface area contributed by atoms with E-state index in [2.05, 4.69) is 5.32 Å². The molecule has 3 heteroatoms. The van der Waals surface area contributed by atoms with E-state index < -0.39 is 5.38 Å². The molecule has 0 aliphatic heterocycles. The fourth-order valence-electron chi connectivity index (χ4n) is 1.51. The summed E-state index contributed by atoms with van der Waals surface area (Å²) in [4.78, 5) is 11.7. The summed E-state index contributed by atoms with van der Waals surface area (Å²) in [5.41, 5.74) is 1.09. The Bertz CT molecular complexity index is 326. The maximum Gasteiger partial charge on any atom is 0.238 e. The molecule has 0 aliphatic carbocycles. The largest absolute Gasteiger partial charge is 0.348 e. The summed E-state index contributed by atoms with van der Waals surface area (Å²) in [5, 5.41) is 2.49. The number of benzene rings is 1. The van der Waals surface area contributed by atoms with Crippen molar-refractivity contribution in [1.82, 2.24) is 5.32 Å². The molecule has 0 saturated heterocycles. The van der Waals surface area contributed by atoms with Crippen molar-refractivity contribution < 1.29 is 4.79 Å². The van der Waals surface area contributed by atoms with Gasteiger partial charge in [-0.3, -0.25) is 4.79 Å². The van der Waals surface area contributed by atoms with Gasteiger partial charge in [0.1, 0.15) is 5.38 Å². The van der Waals surface area contributed by atoms with Gasteiger partial charge in [-0.05, 0) is 18.9 Å². The third-order valence-corrected chi connectivity index (χ3v) is 2.90. The summed E-state index contributed by atoms with van der Waals surface area (Å²) < 4.78 is 0. The molecule has 1 N–H and O–H groups in total. The Labute approximate surface area is 102 Å². The zero-order valence-corrected chi connectivity index (χ0v) is 10.5. The van der Waals surface area contributed by atoms with Crippen molar-refractivity contribution >= 4 is 17.5 Å². The number of nitrogens with one attached hydrogen (secondary N) is 1. The fraction of sp³-hybridized carbons (Fsp3) is 0.462. The van der Waals surface area contributed by atoms with E-state index in [9.17, 15) is 4.79 Å². The molecule has 1 amide bonds. The summed E-state index contributed by atoms with van der Waals surface area (Å²) in [5.74, 6) is -0.0835. The number of carbonyl (C=O) groups is 1. The van der Waals surface area contributed by atoms with E-state index in [0.717, 1.165) is 18.4 Å². The van der Waals surface area contributed by atoms with E-state index in [1.807, 2.05) is 44.2 Å². The Morgan fingerprint density at radius 1 is 1.38 bits per heavy atom. The first-order chi connectivity index (χ1) is 7.65. The average molecular weight is 240 g/mol. The predicted molar refractivity (Wildman–Crippen MR) is 67.5 cm³/mol. The standard InChI is InChI=1S/C13H18ClNO/c1-3-7-12(14)13(16)15-10(2)11-8-5-4-6-9-11/h4-6,8-10,12H,3,7H2,1-2H3,(H,15,16)/t10-,12+/m1/s1. The van der Waals surface area contributed by atoms with Crippen LogP contribution in [0.3, 0.4) is 0 Å². The van der Waals surface area contributed by atoms with Crippen molar-refractivity contribution in [3.8, 4) is 0 Å². The van der Waals surface area contributed by atoms with Gasteiger partial charge >= 0.3 is 0 Å². The van der Waals surface area contributed by atoms with E-state index in [4.69, 9.17) is 11.6 Å². The molecule has 2 atom stereocenters. The van der Waals surface area contributed by atoms with Gasteiger partial charge in [0.25, 0.3) is 0 Å². The highest BCUT2D eigenvalue weighted by molar-refractivity contribution is 6.30. The zero-order valence-electron chi connectivity index (χ0n) is 9.74. The first kappa shape index (κ1) is 13.0. The molecule has 88 valence electrons. The summed E-state index contributed by atoms with van der Waals surface area (Å²) in [6.07, 6.45) is 1.64. The summed E-state index contributed by atoms with van der Waals surface area (Å²) in [6, 6.07) is 9.87. The molecule has 0 aromatic heterocycles. The molecule has 0 saturated carbocycles. The quantitative estimate of drug-likeness (QED) is 0.785. The molecule has 0 aliphatic rings. The highest BCUT2D eigenvalue weighted by Gasteiger charge is 2.16. The second-order valence-electron chi connectivity index (χ2n) is 3.90. The van der Waals surface area contributed by atoms with Crippen LogP contribution in [-0.2, 0) is 4.79 Å². The third-order valence-electron chi connectivity index (χ3n) is 2.48. The van der Waals surface area contributed by atoms with Gasteiger partial charge in [0.15, 0.2) is 0 Å². The van der Waals surface area contributed by atoms with Gasteiger partial charge in [0.05, 0.1) is 6.04 Å². The lowest BCUT2D eigenvalue weighted by Gasteiger charge is -2.16. The first-order valence-electron chi connectivity index (χ1n) is 5.64. The Morgan fingerprint density at radius 2 is 2.00 bits per heavy atom. The molecule has 1 aromatic carbocycles. The maximum atomic E-state index is 11.7. The fourth-order valence-corrected chi connectivity index (χ4v) is 1.79. The van der Waals surface area contributed by atoms with Crippen LogP contribution < -0.4 is 5.32 Å². The Morgan fingerprint density at radius 3 is 2.56 bits per heavy atom. The Kier molecular flexibility index (Phi) is 5.33. The van der Waals surface area contributed by atoms with E-state index in [1.54, 1.807) is 0 Å². The number of carbonyl (C=O) groups excluding carboxylic acids is 1. The highest BCUT2D eigenvalue weighted by atomic mass is 35.5. The second-order valence-corrected chi connectivity index (χ2v) is 4.42. The molecule has 0 fully saturated rings. The van der Waals surface area contributed by atoms with Gasteiger partial charge in [-0.2, -0.15) is 0 Å². The molecule has 0 radical (unpaired) electrons.